The van der Waals surface area contributed by atoms with Crippen molar-refractivity contribution in [1.82, 2.24) is 9.88 Å². The SMILES string of the molecule is CN(C)CC1CCCC12CN(c1cc(F)c(SNc3cccc(F)n3)c(F)c1Cl)C2. The molecule has 0 radical (unpaired) electrons. The van der Waals surface area contributed by atoms with Gasteiger partial charge in [0.2, 0.25) is 5.95 Å². The zero-order chi connectivity index (χ0) is 21.5. The van der Waals surface area contributed by atoms with E-state index in [0.29, 0.717) is 23.6 Å². The minimum Gasteiger partial charge on any atom is -0.369 e. The zero-order valence-electron chi connectivity index (χ0n) is 16.9. The van der Waals surface area contributed by atoms with Crippen LogP contribution >= 0.6 is 23.5 Å². The average molecular weight is 457 g/mol. The molecular formula is C21H24ClF3N4S. The molecule has 0 amide bonds. The lowest BCUT2D eigenvalue weighted by molar-refractivity contribution is 0.118. The van der Waals surface area contributed by atoms with Crippen molar-refractivity contribution in [3.05, 3.63) is 46.9 Å². The molecule has 1 aliphatic heterocycles. The molecule has 4 rings (SSSR count). The van der Waals surface area contributed by atoms with Gasteiger partial charge in [-0.2, -0.15) is 4.39 Å². The Morgan fingerprint density at radius 3 is 2.77 bits per heavy atom. The molecule has 1 aromatic carbocycles. The normalized spacial score (nSPS) is 20.1. The van der Waals surface area contributed by atoms with Gasteiger partial charge in [-0.15, -0.1) is 0 Å². The van der Waals surface area contributed by atoms with E-state index in [1.807, 2.05) is 4.90 Å². The van der Waals surface area contributed by atoms with Gasteiger partial charge in [-0.25, -0.2) is 13.8 Å². The summed E-state index contributed by atoms with van der Waals surface area (Å²) in [4.78, 5) is 7.53. The average Bonchev–Trinajstić information content (AvgIpc) is 3.06. The highest BCUT2D eigenvalue weighted by Gasteiger charge is 2.51. The molecule has 0 bridgehead atoms. The number of aromatic nitrogens is 1. The second-order valence-electron chi connectivity index (χ2n) is 8.45. The number of hydrogen-bond acceptors (Lipinski definition) is 5. The van der Waals surface area contributed by atoms with Gasteiger partial charge in [0.05, 0.1) is 5.69 Å². The summed E-state index contributed by atoms with van der Waals surface area (Å²) in [6, 6.07) is 5.45. The van der Waals surface area contributed by atoms with Crippen LogP contribution in [0.15, 0.2) is 29.2 Å². The van der Waals surface area contributed by atoms with E-state index in [2.05, 4.69) is 28.7 Å². The summed E-state index contributed by atoms with van der Waals surface area (Å²) in [5.41, 5.74) is 0.597. The largest absolute Gasteiger partial charge is 0.369 e. The molecular weight excluding hydrogens is 433 g/mol. The lowest BCUT2D eigenvalue weighted by Crippen LogP contribution is -2.59. The highest BCUT2D eigenvalue weighted by atomic mass is 35.5. The minimum absolute atomic E-state index is 0.0927. The lowest BCUT2D eigenvalue weighted by Gasteiger charge is -2.53. The molecule has 2 aliphatic rings. The van der Waals surface area contributed by atoms with Gasteiger partial charge in [-0.1, -0.05) is 24.1 Å². The molecule has 2 fully saturated rings. The third kappa shape index (κ3) is 4.09. The fraction of sp³-hybridized carbons (Fsp3) is 0.476. The van der Waals surface area contributed by atoms with Crippen molar-refractivity contribution in [3.63, 3.8) is 0 Å². The van der Waals surface area contributed by atoms with E-state index in [-0.39, 0.29) is 21.2 Å². The summed E-state index contributed by atoms with van der Waals surface area (Å²) in [5.74, 6) is -1.45. The molecule has 4 nitrogen and oxygen atoms in total. The second kappa shape index (κ2) is 8.48. The van der Waals surface area contributed by atoms with Crippen LogP contribution in [-0.4, -0.2) is 43.6 Å². The fourth-order valence-electron chi connectivity index (χ4n) is 4.70. The fourth-order valence-corrected chi connectivity index (χ4v) is 5.69. The van der Waals surface area contributed by atoms with E-state index in [1.165, 1.54) is 37.1 Å². The molecule has 2 aromatic rings. The first-order valence-corrected chi connectivity index (χ1v) is 11.1. The Bertz CT molecular complexity index is 937. The number of halogens is 4. The predicted octanol–water partition coefficient (Wildman–Crippen LogP) is 5.44. The van der Waals surface area contributed by atoms with Crippen LogP contribution in [0.5, 0.6) is 0 Å². The Labute approximate surface area is 183 Å². The summed E-state index contributed by atoms with van der Waals surface area (Å²) in [6.07, 6.45) is 3.53. The number of rotatable bonds is 6. The Morgan fingerprint density at radius 1 is 1.30 bits per heavy atom. The number of hydrogen-bond donors (Lipinski definition) is 1. The molecule has 30 heavy (non-hydrogen) atoms. The molecule has 2 heterocycles. The number of anilines is 2. The molecule has 1 spiro atoms. The summed E-state index contributed by atoms with van der Waals surface area (Å²) >= 11 is 6.98. The van der Waals surface area contributed by atoms with Crippen molar-refractivity contribution in [2.45, 2.75) is 24.2 Å². The van der Waals surface area contributed by atoms with E-state index in [9.17, 15) is 13.2 Å². The summed E-state index contributed by atoms with van der Waals surface area (Å²) < 4.78 is 45.5. The van der Waals surface area contributed by atoms with Crippen molar-refractivity contribution in [2.75, 3.05) is 43.4 Å². The maximum atomic E-state index is 14.9. The molecule has 1 aliphatic carbocycles. The standard InChI is InChI=1S/C21H24ClF3N4S/c1-28(2)10-13-5-4-8-21(13)11-29(12-21)15-9-14(23)20(19(25)18(15)22)30-27-17-7-3-6-16(24)26-17/h3,6-7,9,13H,4-5,8,10-12H2,1-2H3,(H,26,27). The molecule has 1 unspecified atom stereocenters. The summed E-state index contributed by atoms with van der Waals surface area (Å²) in [7, 11) is 4.15. The van der Waals surface area contributed by atoms with Gasteiger partial charge in [-0.3, -0.25) is 0 Å². The minimum atomic E-state index is -0.821. The highest BCUT2D eigenvalue weighted by molar-refractivity contribution is 8.00. The highest BCUT2D eigenvalue weighted by Crippen LogP contribution is 2.52. The van der Waals surface area contributed by atoms with Crippen LogP contribution in [0.1, 0.15) is 19.3 Å². The van der Waals surface area contributed by atoms with Gasteiger partial charge in [0.25, 0.3) is 0 Å². The van der Waals surface area contributed by atoms with Gasteiger partial charge in [-0.05, 0) is 56.9 Å². The maximum absolute atomic E-state index is 14.9. The van der Waals surface area contributed by atoms with Crippen LogP contribution in [0.2, 0.25) is 5.02 Å². The number of benzene rings is 1. The van der Waals surface area contributed by atoms with E-state index >= 15 is 0 Å². The van der Waals surface area contributed by atoms with Crippen LogP contribution < -0.4 is 9.62 Å². The lowest BCUT2D eigenvalue weighted by atomic mass is 9.71. The Kier molecular flexibility index (Phi) is 6.10. The Morgan fingerprint density at radius 2 is 2.07 bits per heavy atom. The van der Waals surface area contributed by atoms with Gasteiger partial charge in [0.15, 0.2) is 5.82 Å². The van der Waals surface area contributed by atoms with Crippen molar-refractivity contribution < 1.29 is 13.2 Å². The zero-order valence-corrected chi connectivity index (χ0v) is 18.5. The molecule has 1 saturated carbocycles. The van der Waals surface area contributed by atoms with Crippen LogP contribution in [0.25, 0.3) is 0 Å². The van der Waals surface area contributed by atoms with Gasteiger partial charge in [0.1, 0.15) is 21.6 Å². The van der Waals surface area contributed by atoms with E-state index in [0.717, 1.165) is 26.1 Å². The Balaban J connectivity index is 1.48. The number of pyridine rings is 1. The van der Waals surface area contributed by atoms with E-state index in [1.54, 1.807) is 0 Å². The van der Waals surface area contributed by atoms with Crippen LogP contribution in [-0.2, 0) is 0 Å². The number of nitrogens with zero attached hydrogens (tertiary/aromatic N) is 3. The molecule has 1 atom stereocenters. The van der Waals surface area contributed by atoms with Crippen molar-refractivity contribution in [2.24, 2.45) is 11.3 Å². The van der Waals surface area contributed by atoms with Crippen LogP contribution in [0, 0.1) is 28.9 Å². The molecule has 1 N–H and O–H groups in total. The molecule has 1 saturated heterocycles. The topological polar surface area (TPSA) is 31.4 Å². The third-order valence-corrected chi connectivity index (χ3v) is 7.35. The van der Waals surface area contributed by atoms with Gasteiger partial charge < -0.3 is 14.5 Å². The van der Waals surface area contributed by atoms with Crippen molar-refractivity contribution >= 4 is 35.1 Å². The predicted molar refractivity (Wildman–Crippen MR) is 116 cm³/mol. The first-order chi connectivity index (χ1) is 14.3. The number of nitrogens with one attached hydrogen (secondary N) is 1. The van der Waals surface area contributed by atoms with E-state index < -0.39 is 17.6 Å². The quantitative estimate of drug-likeness (QED) is 0.355. The first-order valence-electron chi connectivity index (χ1n) is 9.92. The van der Waals surface area contributed by atoms with Crippen molar-refractivity contribution in [3.8, 4) is 0 Å². The summed E-state index contributed by atoms with van der Waals surface area (Å²) in [5, 5.41) is -0.0927. The van der Waals surface area contributed by atoms with E-state index in [4.69, 9.17) is 11.6 Å². The first kappa shape index (κ1) is 21.6. The van der Waals surface area contributed by atoms with Crippen LogP contribution in [0.4, 0.5) is 24.7 Å². The smallest absolute Gasteiger partial charge is 0.214 e. The molecule has 9 heteroatoms. The Hall–Kier alpha value is -1.64. The monoisotopic (exact) mass is 456 g/mol. The molecule has 162 valence electrons. The molecule has 1 aromatic heterocycles. The third-order valence-electron chi connectivity index (χ3n) is 6.10. The van der Waals surface area contributed by atoms with Gasteiger partial charge in [0, 0.05) is 31.1 Å². The maximum Gasteiger partial charge on any atom is 0.214 e. The second-order valence-corrected chi connectivity index (χ2v) is 9.65. The summed E-state index contributed by atoms with van der Waals surface area (Å²) in [6.45, 7) is 2.56. The van der Waals surface area contributed by atoms with Gasteiger partial charge >= 0.3 is 0 Å². The van der Waals surface area contributed by atoms with Crippen LogP contribution in [0.3, 0.4) is 0 Å². The van der Waals surface area contributed by atoms with Crippen molar-refractivity contribution in [1.29, 1.82) is 0 Å².